The Hall–Kier alpha value is -1.84. The lowest BCUT2D eigenvalue weighted by Gasteiger charge is -2.21. The van der Waals surface area contributed by atoms with Crippen molar-refractivity contribution in [3.8, 4) is 0 Å². The molecule has 0 aliphatic rings. The van der Waals surface area contributed by atoms with Gasteiger partial charge < -0.3 is 10.2 Å². The van der Waals surface area contributed by atoms with Gasteiger partial charge in [-0.25, -0.2) is 0 Å². The third-order valence-electron chi connectivity index (χ3n) is 3.34. The molecule has 4 heteroatoms. The second-order valence-corrected chi connectivity index (χ2v) is 5.17. The Morgan fingerprint density at radius 1 is 1.00 bits per heavy atom. The van der Waals surface area contributed by atoms with Crippen LogP contribution < -0.4 is 5.32 Å². The van der Waals surface area contributed by atoms with Crippen LogP contribution in [0.15, 0.2) is 30.3 Å². The van der Waals surface area contributed by atoms with E-state index in [1.165, 1.54) is 0 Å². The highest BCUT2D eigenvalue weighted by molar-refractivity contribution is 6.34. The minimum absolute atomic E-state index is 0.390. The number of hydrogen-bond donors (Lipinski definition) is 1. The van der Waals surface area contributed by atoms with E-state index in [0.29, 0.717) is 19.6 Å². The number of rotatable bonds is 8. The van der Waals surface area contributed by atoms with Gasteiger partial charge in [0.25, 0.3) is 0 Å². The van der Waals surface area contributed by atoms with Gasteiger partial charge in [0.2, 0.25) is 0 Å². The SMILES string of the molecule is CCCCN(CCCC)C(=O)C(=O)NCc1ccccc1. The first-order chi connectivity index (χ1) is 10.2. The fourth-order valence-corrected chi connectivity index (χ4v) is 2.01. The summed E-state index contributed by atoms with van der Waals surface area (Å²) in [5, 5.41) is 2.70. The Labute approximate surface area is 127 Å². The number of unbranched alkanes of at least 4 members (excludes halogenated alkanes) is 2. The maximum Gasteiger partial charge on any atom is 0.311 e. The second kappa shape index (κ2) is 9.97. The molecular formula is C17H26N2O2. The molecule has 0 atom stereocenters. The molecule has 0 saturated heterocycles. The highest BCUT2D eigenvalue weighted by atomic mass is 16.2. The summed E-state index contributed by atoms with van der Waals surface area (Å²) in [6.45, 7) is 5.87. The number of hydrogen-bond acceptors (Lipinski definition) is 2. The van der Waals surface area contributed by atoms with Crippen molar-refractivity contribution in [3.05, 3.63) is 35.9 Å². The first kappa shape index (κ1) is 17.2. The molecule has 21 heavy (non-hydrogen) atoms. The van der Waals surface area contributed by atoms with Crippen LogP contribution in [0.4, 0.5) is 0 Å². The molecule has 0 unspecified atom stereocenters. The predicted octanol–water partition coefficient (Wildman–Crippen LogP) is 2.73. The molecule has 0 fully saturated rings. The van der Waals surface area contributed by atoms with Crippen LogP contribution >= 0.6 is 0 Å². The van der Waals surface area contributed by atoms with E-state index in [0.717, 1.165) is 31.2 Å². The first-order valence-corrected chi connectivity index (χ1v) is 7.80. The summed E-state index contributed by atoms with van der Waals surface area (Å²) in [5.41, 5.74) is 0.993. The summed E-state index contributed by atoms with van der Waals surface area (Å²) in [6, 6.07) is 9.61. The van der Waals surface area contributed by atoms with Gasteiger partial charge in [-0.2, -0.15) is 0 Å². The molecule has 0 aromatic heterocycles. The van der Waals surface area contributed by atoms with Crippen molar-refractivity contribution in [2.75, 3.05) is 13.1 Å². The molecule has 0 bridgehead atoms. The van der Waals surface area contributed by atoms with Crippen molar-refractivity contribution < 1.29 is 9.59 Å². The normalized spacial score (nSPS) is 10.2. The molecular weight excluding hydrogens is 264 g/mol. The Morgan fingerprint density at radius 2 is 1.57 bits per heavy atom. The van der Waals surface area contributed by atoms with Gasteiger partial charge in [0.1, 0.15) is 0 Å². The minimum Gasteiger partial charge on any atom is -0.344 e. The van der Waals surface area contributed by atoms with Crippen LogP contribution in [0.25, 0.3) is 0 Å². The van der Waals surface area contributed by atoms with Crippen molar-refractivity contribution >= 4 is 11.8 Å². The maximum absolute atomic E-state index is 12.2. The monoisotopic (exact) mass is 290 g/mol. The summed E-state index contributed by atoms with van der Waals surface area (Å²) >= 11 is 0. The zero-order valence-corrected chi connectivity index (χ0v) is 13.1. The van der Waals surface area contributed by atoms with Gasteiger partial charge in [-0.15, -0.1) is 0 Å². The average molecular weight is 290 g/mol. The zero-order chi connectivity index (χ0) is 15.5. The molecule has 0 aliphatic carbocycles. The molecule has 0 heterocycles. The van der Waals surface area contributed by atoms with Crippen LogP contribution in [-0.4, -0.2) is 29.8 Å². The molecule has 1 N–H and O–H groups in total. The van der Waals surface area contributed by atoms with Crippen LogP contribution in [0.1, 0.15) is 45.1 Å². The summed E-state index contributed by atoms with van der Waals surface area (Å²) in [5.74, 6) is -0.918. The summed E-state index contributed by atoms with van der Waals surface area (Å²) in [7, 11) is 0. The van der Waals surface area contributed by atoms with Gasteiger partial charge in [0.05, 0.1) is 0 Å². The fraction of sp³-hybridized carbons (Fsp3) is 0.529. The van der Waals surface area contributed by atoms with Crippen LogP contribution in [0.3, 0.4) is 0 Å². The second-order valence-electron chi connectivity index (χ2n) is 5.17. The van der Waals surface area contributed by atoms with Crippen LogP contribution in [0, 0.1) is 0 Å². The predicted molar refractivity (Wildman–Crippen MR) is 84.7 cm³/mol. The summed E-state index contributed by atoms with van der Waals surface area (Å²) < 4.78 is 0. The van der Waals surface area contributed by atoms with Crippen LogP contribution in [0.2, 0.25) is 0 Å². The lowest BCUT2D eigenvalue weighted by Crippen LogP contribution is -2.43. The zero-order valence-electron chi connectivity index (χ0n) is 13.1. The van der Waals surface area contributed by atoms with Crippen molar-refractivity contribution in [2.24, 2.45) is 0 Å². The number of carbonyl (C=O) groups excluding carboxylic acids is 2. The van der Waals surface area contributed by atoms with Crippen molar-refractivity contribution in [1.29, 1.82) is 0 Å². The fourth-order valence-electron chi connectivity index (χ4n) is 2.01. The molecule has 0 aliphatic heterocycles. The van der Waals surface area contributed by atoms with Crippen molar-refractivity contribution in [2.45, 2.75) is 46.1 Å². The molecule has 2 amide bonds. The van der Waals surface area contributed by atoms with Gasteiger partial charge in [-0.05, 0) is 18.4 Å². The number of nitrogens with one attached hydrogen (secondary N) is 1. The molecule has 1 aromatic rings. The van der Waals surface area contributed by atoms with Gasteiger partial charge in [-0.3, -0.25) is 9.59 Å². The van der Waals surface area contributed by atoms with Crippen molar-refractivity contribution in [1.82, 2.24) is 10.2 Å². The summed E-state index contributed by atoms with van der Waals surface area (Å²) in [4.78, 5) is 25.8. The van der Waals surface area contributed by atoms with E-state index in [1.807, 2.05) is 30.3 Å². The standard InChI is InChI=1S/C17H26N2O2/c1-3-5-12-19(13-6-4-2)17(21)16(20)18-14-15-10-8-7-9-11-15/h7-11H,3-6,12-14H2,1-2H3,(H,18,20). The Morgan fingerprint density at radius 3 is 2.10 bits per heavy atom. The average Bonchev–Trinajstić information content (AvgIpc) is 2.53. The van der Waals surface area contributed by atoms with E-state index in [9.17, 15) is 9.59 Å². The van der Waals surface area contributed by atoms with E-state index >= 15 is 0 Å². The quantitative estimate of drug-likeness (QED) is 0.748. The van der Waals surface area contributed by atoms with Crippen molar-refractivity contribution in [3.63, 3.8) is 0 Å². The first-order valence-electron chi connectivity index (χ1n) is 7.80. The lowest BCUT2D eigenvalue weighted by molar-refractivity contribution is -0.146. The molecule has 0 saturated carbocycles. The molecule has 1 rings (SSSR count). The Kier molecular flexibility index (Phi) is 8.17. The summed E-state index contributed by atoms with van der Waals surface area (Å²) in [6.07, 6.45) is 3.89. The van der Waals surface area contributed by atoms with Crippen LogP contribution in [-0.2, 0) is 16.1 Å². The third kappa shape index (κ3) is 6.43. The van der Waals surface area contributed by atoms with Gasteiger partial charge in [0.15, 0.2) is 0 Å². The number of amides is 2. The molecule has 116 valence electrons. The molecule has 0 radical (unpaired) electrons. The number of benzene rings is 1. The van der Waals surface area contributed by atoms with E-state index in [2.05, 4.69) is 19.2 Å². The highest BCUT2D eigenvalue weighted by Gasteiger charge is 2.20. The van der Waals surface area contributed by atoms with Crippen LogP contribution in [0.5, 0.6) is 0 Å². The Balaban J connectivity index is 2.50. The topological polar surface area (TPSA) is 49.4 Å². The largest absolute Gasteiger partial charge is 0.344 e. The van der Waals surface area contributed by atoms with Gasteiger partial charge >= 0.3 is 11.8 Å². The highest BCUT2D eigenvalue weighted by Crippen LogP contribution is 2.01. The molecule has 0 spiro atoms. The van der Waals surface area contributed by atoms with E-state index in [-0.39, 0.29) is 0 Å². The van der Waals surface area contributed by atoms with E-state index in [4.69, 9.17) is 0 Å². The van der Waals surface area contributed by atoms with Gasteiger partial charge in [-0.1, -0.05) is 57.0 Å². The van der Waals surface area contributed by atoms with E-state index < -0.39 is 11.8 Å². The van der Waals surface area contributed by atoms with Gasteiger partial charge in [0, 0.05) is 19.6 Å². The number of carbonyl (C=O) groups is 2. The smallest absolute Gasteiger partial charge is 0.311 e. The third-order valence-corrected chi connectivity index (χ3v) is 3.34. The lowest BCUT2D eigenvalue weighted by atomic mass is 10.2. The minimum atomic E-state index is -0.508. The maximum atomic E-state index is 12.2. The molecule has 4 nitrogen and oxygen atoms in total. The number of nitrogens with zero attached hydrogens (tertiary/aromatic N) is 1. The molecule has 1 aromatic carbocycles. The Bertz CT molecular complexity index is 424. The van der Waals surface area contributed by atoms with E-state index in [1.54, 1.807) is 4.90 Å².